The molecule has 2 aromatic heterocycles. The highest BCUT2D eigenvalue weighted by atomic mass is 32.1. The Morgan fingerprint density at radius 2 is 2.06 bits per heavy atom. The van der Waals surface area contributed by atoms with E-state index in [-0.39, 0.29) is 5.78 Å². The Morgan fingerprint density at radius 3 is 2.82 bits per heavy atom. The van der Waals surface area contributed by atoms with Crippen LogP contribution in [0.15, 0.2) is 53.1 Å². The van der Waals surface area contributed by atoms with Crippen molar-refractivity contribution in [1.82, 2.24) is 0 Å². The summed E-state index contributed by atoms with van der Waals surface area (Å²) >= 11 is 1.54. The third-order valence-corrected chi connectivity index (χ3v) is 3.77. The molecule has 0 bridgehead atoms. The Balaban J connectivity index is 1.90. The first-order chi connectivity index (χ1) is 8.33. The monoisotopic (exact) mass is 242 g/mol. The first kappa shape index (κ1) is 10.3. The number of carbonyl (C=O) groups excluding carboxylic acids is 1. The Kier molecular flexibility index (Phi) is 2.53. The maximum Gasteiger partial charge on any atom is 0.180 e. The highest BCUT2D eigenvalue weighted by molar-refractivity contribution is 7.20. The van der Waals surface area contributed by atoms with Gasteiger partial charge in [-0.15, -0.1) is 11.3 Å². The number of benzene rings is 1. The summed E-state index contributed by atoms with van der Waals surface area (Å²) in [6, 6.07) is 13.6. The van der Waals surface area contributed by atoms with Gasteiger partial charge in [-0.25, -0.2) is 0 Å². The van der Waals surface area contributed by atoms with Crippen LogP contribution in [0, 0.1) is 0 Å². The molecule has 3 rings (SSSR count). The summed E-state index contributed by atoms with van der Waals surface area (Å²) in [5, 5.41) is 1.13. The van der Waals surface area contributed by atoms with E-state index in [0.717, 1.165) is 15.0 Å². The van der Waals surface area contributed by atoms with Gasteiger partial charge in [0.25, 0.3) is 0 Å². The van der Waals surface area contributed by atoms with Crippen molar-refractivity contribution in [3.05, 3.63) is 59.4 Å². The number of furan rings is 1. The van der Waals surface area contributed by atoms with Crippen LogP contribution in [-0.2, 0) is 6.42 Å². The highest BCUT2D eigenvalue weighted by Crippen LogP contribution is 2.26. The fourth-order valence-corrected chi connectivity index (χ4v) is 2.78. The Morgan fingerprint density at radius 1 is 1.18 bits per heavy atom. The maximum absolute atomic E-state index is 12.0. The number of hydrogen-bond acceptors (Lipinski definition) is 3. The van der Waals surface area contributed by atoms with Crippen molar-refractivity contribution in [1.29, 1.82) is 0 Å². The molecule has 0 unspecified atom stereocenters. The van der Waals surface area contributed by atoms with Gasteiger partial charge in [-0.2, -0.15) is 0 Å². The SMILES string of the molecule is O=C(Cc1ccco1)c1cc2ccccc2s1. The number of hydrogen-bond donors (Lipinski definition) is 0. The number of Topliss-reactive ketones (excluding diaryl/α,β-unsaturated/α-hetero) is 1. The number of carbonyl (C=O) groups is 1. The normalized spacial score (nSPS) is 10.8. The molecule has 2 heterocycles. The van der Waals surface area contributed by atoms with E-state index in [0.29, 0.717) is 12.2 Å². The summed E-state index contributed by atoms with van der Waals surface area (Å²) in [7, 11) is 0. The van der Waals surface area contributed by atoms with Crippen LogP contribution in [0.5, 0.6) is 0 Å². The summed E-state index contributed by atoms with van der Waals surface area (Å²) in [6.45, 7) is 0. The zero-order chi connectivity index (χ0) is 11.7. The van der Waals surface area contributed by atoms with Gasteiger partial charge in [-0.1, -0.05) is 18.2 Å². The number of rotatable bonds is 3. The molecule has 0 aliphatic heterocycles. The minimum atomic E-state index is 0.112. The van der Waals surface area contributed by atoms with Gasteiger partial charge in [-0.05, 0) is 29.7 Å². The largest absolute Gasteiger partial charge is 0.469 e. The van der Waals surface area contributed by atoms with Gasteiger partial charge in [0.2, 0.25) is 0 Å². The first-order valence-corrected chi connectivity index (χ1v) is 6.19. The van der Waals surface area contributed by atoms with Gasteiger partial charge in [0, 0.05) is 4.70 Å². The molecule has 0 saturated carbocycles. The smallest absolute Gasteiger partial charge is 0.180 e. The molecule has 0 saturated heterocycles. The van der Waals surface area contributed by atoms with Crippen LogP contribution in [0.25, 0.3) is 10.1 Å². The number of fused-ring (bicyclic) bond motifs is 1. The number of ketones is 1. The molecule has 17 heavy (non-hydrogen) atoms. The lowest BCUT2D eigenvalue weighted by molar-refractivity contribution is 0.0991. The van der Waals surface area contributed by atoms with Crippen molar-refractivity contribution in [3.63, 3.8) is 0 Å². The van der Waals surface area contributed by atoms with E-state index in [9.17, 15) is 4.79 Å². The quantitative estimate of drug-likeness (QED) is 0.652. The van der Waals surface area contributed by atoms with Crippen molar-refractivity contribution in [2.45, 2.75) is 6.42 Å². The predicted molar refractivity (Wildman–Crippen MR) is 68.6 cm³/mol. The second-order valence-electron chi connectivity index (χ2n) is 3.83. The highest BCUT2D eigenvalue weighted by Gasteiger charge is 2.12. The van der Waals surface area contributed by atoms with E-state index in [1.165, 1.54) is 11.3 Å². The molecular formula is C14H10O2S. The molecule has 0 aliphatic carbocycles. The standard InChI is InChI=1S/C14H10O2S/c15-12(9-11-5-3-7-16-11)14-8-10-4-1-2-6-13(10)17-14/h1-8H,9H2. The van der Waals surface area contributed by atoms with Crippen molar-refractivity contribution in [2.24, 2.45) is 0 Å². The molecule has 1 aromatic carbocycles. The lowest BCUT2D eigenvalue weighted by atomic mass is 10.2. The fourth-order valence-electron chi connectivity index (χ4n) is 1.78. The van der Waals surface area contributed by atoms with Gasteiger partial charge in [0.05, 0.1) is 17.6 Å². The van der Waals surface area contributed by atoms with Gasteiger partial charge in [-0.3, -0.25) is 4.79 Å². The zero-order valence-electron chi connectivity index (χ0n) is 9.05. The topological polar surface area (TPSA) is 30.2 Å². The molecular weight excluding hydrogens is 232 g/mol. The Hall–Kier alpha value is -1.87. The molecule has 0 aliphatic rings. The zero-order valence-corrected chi connectivity index (χ0v) is 9.87. The minimum absolute atomic E-state index is 0.112. The van der Waals surface area contributed by atoms with Crippen molar-refractivity contribution in [2.75, 3.05) is 0 Å². The summed E-state index contributed by atoms with van der Waals surface area (Å²) in [5.74, 6) is 0.827. The molecule has 0 atom stereocenters. The lowest BCUT2D eigenvalue weighted by Gasteiger charge is -1.93. The molecule has 0 spiro atoms. The van der Waals surface area contributed by atoms with E-state index in [2.05, 4.69) is 0 Å². The maximum atomic E-state index is 12.0. The molecule has 0 amide bonds. The lowest BCUT2D eigenvalue weighted by Crippen LogP contribution is -1.99. The van der Waals surface area contributed by atoms with Crippen LogP contribution >= 0.6 is 11.3 Å². The van der Waals surface area contributed by atoms with E-state index < -0.39 is 0 Å². The van der Waals surface area contributed by atoms with Crippen LogP contribution in [0.3, 0.4) is 0 Å². The molecule has 0 fully saturated rings. The second kappa shape index (κ2) is 4.18. The summed E-state index contributed by atoms with van der Waals surface area (Å²) < 4.78 is 6.33. The molecule has 0 radical (unpaired) electrons. The van der Waals surface area contributed by atoms with E-state index in [4.69, 9.17) is 4.42 Å². The summed E-state index contributed by atoms with van der Waals surface area (Å²) in [4.78, 5) is 12.8. The van der Waals surface area contributed by atoms with E-state index in [1.54, 1.807) is 12.3 Å². The van der Waals surface area contributed by atoms with Crippen molar-refractivity contribution >= 4 is 27.2 Å². The molecule has 2 nitrogen and oxygen atoms in total. The first-order valence-electron chi connectivity index (χ1n) is 5.37. The fraction of sp³-hybridized carbons (Fsp3) is 0.0714. The van der Waals surface area contributed by atoms with Crippen LogP contribution in [-0.4, -0.2) is 5.78 Å². The third kappa shape index (κ3) is 2.01. The van der Waals surface area contributed by atoms with Gasteiger partial charge < -0.3 is 4.42 Å². The van der Waals surface area contributed by atoms with E-state index in [1.807, 2.05) is 36.4 Å². The Labute approximate surface area is 102 Å². The molecule has 3 heteroatoms. The molecule has 0 N–H and O–H groups in total. The van der Waals surface area contributed by atoms with E-state index >= 15 is 0 Å². The van der Waals surface area contributed by atoms with Crippen molar-refractivity contribution in [3.8, 4) is 0 Å². The van der Waals surface area contributed by atoms with Crippen LogP contribution in [0.1, 0.15) is 15.4 Å². The summed E-state index contributed by atoms with van der Waals surface area (Å²) in [6.07, 6.45) is 1.92. The number of thiophene rings is 1. The van der Waals surface area contributed by atoms with Crippen LogP contribution in [0.2, 0.25) is 0 Å². The van der Waals surface area contributed by atoms with Gasteiger partial charge in [0.15, 0.2) is 5.78 Å². The van der Waals surface area contributed by atoms with Crippen molar-refractivity contribution < 1.29 is 9.21 Å². The predicted octanol–water partition coefficient (Wildman–Crippen LogP) is 3.92. The average molecular weight is 242 g/mol. The van der Waals surface area contributed by atoms with Gasteiger partial charge in [0.1, 0.15) is 5.76 Å². The summed E-state index contributed by atoms with van der Waals surface area (Å²) in [5.41, 5.74) is 0. The van der Waals surface area contributed by atoms with Gasteiger partial charge >= 0.3 is 0 Å². The Bertz CT molecular complexity index is 617. The second-order valence-corrected chi connectivity index (χ2v) is 4.91. The minimum Gasteiger partial charge on any atom is -0.469 e. The molecule has 84 valence electrons. The average Bonchev–Trinajstić information content (AvgIpc) is 2.96. The molecule has 3 aromatic rings. The van der Waals surface area contributed by atoms with Crippen LogP contribution in [0.4, 0.5) is 0 Å². The van der Waals surface area contributed by atoms with Crippen LogP contribution < -0.4 is 0 Å². The third-order valence-electron chi connectivity index (χ3n) is 2.62.